The molecule has 1 aliphatic heterocycles. The lowest BCUT2D eigenvalue weighted by Gasteiger charge is -2.29. The first-order valence-corrected chi connectivity index (χ1v) is 14.1. The van der Waals surface area contributed by atoms with Gasteiger partial charge in [-0.25, -0.2) is 23.1 Å². The van der Waals surface area contributed by atoms with E-state index in [4.69, 9.17) is 15.5 Å². The fourth-order valence-electron chi connectivity index (χ4n) is 4.80. The maximum atomic E-state index is 11.9. The predicted octanol–water partition coefficient (Wildman–Crippen LogP) is 4.94. The fourth-order valence-corrected chi connectivity index (χ4v) is 5.60. The number of aromatic nitrogens is 2. The van der Waals surface area contributed by atoms with Crippen LogP contribution in [0.3, 0.4) is 0 Å². The number of fused-ring (bicyclic) bond motifs is 1. The molecule has 4 rings (SSSR count). The fraction of sp³-hybridized carbons (Fsp3) is 0.276. The molecule has 3 N–H and O–H groups in total. The standard InChI is InChI=1S/C29H33N5O3S/c1-4-7-24(8-5-2)37-25-15-11-21(12-16-25)28-27-26(32-19-33-29(27)30)17-22(18-31-28)20-9-13-23(14-10-20)34-38(35,36)6-3/h4-8,11-12,15-17,19-20,23,34H,1,3,9-10,13-14,18H2,2H3,(H2,30,32,33)/b8-5-,24-7+. The average Bonchev–Trinajstić information content (AvgIpc) is 3.11. The van der Waals surface area contributed by atoms with E-state index in [0.29, 0.717) is 29.4 Å². The highest BCUT2D eigenvalue weighted by Crippen LogP contribution is 2.34. The molecular weight excluding hydrogens is 498 g/mol. The van der Waals surface area contributed by atoms with Gasteiger partial charge in [-0.05, 0) is 86.6 Å². The summed E-state index contributed by atoms with van der Waals surface area (Å²) in [6.07, 6.45) is 14.0. The molecule has 1 aliphatic carbocycles. The summed E-state index contributed by atoms with van der Waals surface area (Å²) >= 11 is 0. The molecule has 0 unspecified atom stereocenters. The van der Waals surface area contributed by atoms with E-state index in [2.05, 4.69) is 33.9 Å². The van der Waals surface area contributed by atoms with E-state index in [-0.39, 0.29) is 12.0 Å². The molecule has 0 amide bonds. The van der Waals surface area contributed by atoms with Crippen LogP contribution in [-0.2, 0) is 10.0 Å². The first kappa shape index (κ1) is 27.2. The molecule has 1 aromatic heterocycles. The lowest BCUT2D eigenvalue weighted by molar-refractivity contribution is 0.345. The van der Waals surface area contributed by atoms with Gasteiger partial charge in [-0.3, -0.25) is 4.99 Å². The van der Waals surface area contributed by atoms with Gasteiger partial charge in [-0.15, -0.1) is 0 Å². The molecule has 0 radical (unpaired) electrons. The second-order valence-electron chi connectivity index (χ2n) is 9.21. The minimum absolute atomic E-state index is 0.0830. The molecule has 0 atom stereocenters. The summed E-state index contributed by atoms with van der Waals surface area (Å²) in [5.41, 5.74) is 10.6. The van der Waals surface area contributed by atoms with Gasteiger partial charge in [0.15, 0.2) is 0 Å². The summed E-state index contributed by atoms with van der Waals surface area (Å²) in [6.45, 7) is 9.54. The van der Waals surface area contributed by atoms with E-state index in [1.807, 2.05) is 43.3 Å². The van der Waals surface area contributed by atoms with Crippen LogP contribution in [0.15, 0.2) is 89.8 Å². The molecule has 9 heteroatoms. The third-order valence-corrected chi connectivity index (χ3v) is 7.76. The van der Waals surface area contributed by atoms with Crippen LogP contribution in [0.2, 0.25) is 0 Å². The number of anilines is 1. The molecule has 1 fully saturated rings. The van der Waals surface area contributed by atoms with E-state index in [1.54, 1.807) is 12.2 Å². The number of allylic oxidation sites excluding steroid dienone is 4. The number of nitrogens with zero attached hydrogens (tertiary/aromatic N) is 3. The summed E-state index contributed by atoms with van der Waals surface area (Å²) < 4.78 is 32.4. The minimum Gasteiger partial charge on any atom is -0.457 e. The number of benzene rings is 1. The quantitative estimate of drug-likeness (QED) is 0.349. The Balaban J connectivity index is 1.57. The Morgan fingerprint density at radius 3 is 2.53 bits per heavy atom. The molecule has 0 saturated heterocycles. The normalized spacial score (nSPS) is 20.2. The lowest BCUT2D eigenvalue weighted by Crippen LogP contribution is -2.36. The molecule has 0 bridgehead atoms. The van der Waals surface area contributed by atoms with E-state index >= 15 is 0 Å². The summed E-state index contributed by atoms with van der Waals surface area (Å²) in [4.78, 5) is 13.7. The van der Waals surface area contributed by atoms with Crippen molar-refractivity contribution in [3.05, 3.63) is 102 Å². The van der Waals surface area contributed by atoms with Crippen LogP contribution in [0.4, 0.5) is 5.82 Å². The SMILES string of the molecule is C=C/C=C(\C=C/C)Oc1ccc(C2=NCC(C3CCC(NS(=O)(=O)C=C)CC3)=Cc3ncnc(N)c32)cc1. The summed E-state index contributed by atoms with van der Waals surface area (Å²) in [6, 6.07) is 7.60. The van der Waals surface area contributed by atoms with Crippen molar-refractivity contribution in [2.75, 3.05) is 12.3 Å². The number of hydrogen-bond donors (Lipinski definition) is 2. The summed E-state index contributed by atoms with van der Waals surface area (Å²) in [5.74, 6) is 2.03. The van der Waals surface area contributed by atoms with Crippen LogP contribution in [0.25, 0.3) is 6.08 Å². The van der Waals surface area contributed by atoms with Gasteiger partial charge in [0.05, 0.1) is 23.5 Å². The molecule has 1 aromatic carbocycles. The zero-order valence-corrected chi connectivity index (χ0v) is 22.3. The van der Waals surface area contributed by atoms with Gasteiger partial charge < -0.3 is 10.5 Å². The summed E-state index contributed by atoms with van der Waals surface area (Å²) in [5, 5.41) is 0.960. The maximum absolute atomic E-state index is 11.9. The Kier molecular flexibility index (Phi) is 8.70. The van der Waals surface area contributed by atoms with Crippen molar-refractivity contribution in [2.24, 2.45) is 10.9 Å². The topological polar surface area (TPSA) is 120 Å². The smallest absolute Gasteiger partial charge is 0.233 e. The molecule has 38 heavy (non-hydrogen) atoms. The van der Waals surface area contributed by atoms with Crippen LogP contribution in [-0.4, -0.2) is 36.7 Å². The third-order valence-electron chi connectivity index (χ3n) is 6.66. The Hall–Kier alpha value is -3.82. The van der Waals surface area contributed by atoms with Gasteiger partial charge in [0.1, 0.15) is 23.7 Å². The number of sulfonamides is 1. The number of nitrogens with one attached hydrogen (secondary N) is 1. The van der Waals surface area contributed by atoms with Crippen LogP contribution >= 0.6 is 0 Å². The van der Waals surface area contributed by atoms with Crippen LogP contribution in [0.5, 0.6) is 5.75 Å². The first-order chi connectivity index (χ1) is 18.3. The van der Waals surface area contributed by atoms with E-state index in [9.17, 15) is 8.42 Å². The van der Waals surface area contributed by atoms with E-state index in [0.717, 1.165) is 53.6 Å². The monoisotopic (exact) mass is 531 g/mol. The Labute approximate surface area is 224 Å². The number of hydrogen-bond acceptors (Lipinski definition) is 7. The highest BCUT2D eigenvalue weighted by atomic mass is 32.2. The Morgan fingerprint density at radius 2 is 1.87 bits per heavy atom. The zero-order valence-electron chi connectivity index (χ0n) is 21.5. The van der Waals surface area contributed by atoms with Gasteiger partial charge in [-0.1, -0.05) is 25.3 Å². The Bertz CT molecular complexity index is 1410. The van der Waals surface area contributed by atoms with Crippen molar-refractivity contribution in [1.29, 1.82) is 0 Å². The van der Waals surface area contributed by atoms with Gasteiger partial charge in [0, 0.05) is 17.0 Å². The Morgan fingerprint density at radius 1 is 1.13 bits per heavy atom. The molecule has 1 saturated carbocycles. The molecular formula is C29H33N5O3S. The van der Waals surface area contributed by atoms with Gasteiger partial charge in [0.2, 0.25) is 10.0 Å². The highest BCUT2D eigenvalue weighted by Gasteiger charge is 2.28. The second-order valence-corrected chi connectivity index (χ2v) is 10.9. The third kappa shape index (κ3) is 6.54. The van der Waals surface area contributed by atoms with Gasteiger partial charge in [-0.2, -0.15) is 0 Å². The number of rotatable bonds is 9. The van der Waals surface area contributed by atoms with Crippen LogP contribution < -0.4 is 15.2 Å². The van der Waals surface area contributed by atoms with Crippen molar-refractivity contribution >= 4 is 27.6 Å². The van der Waals surface area contributed by atoms with Crippen molar-refractivity contribution in [3.8, 4) is 5.75 Å². The van der Waals surface area contributed by atoms with Crippen molar-refractivity contribution in [3.63, 3.8) is 0 Å². The molecule has 198 valence electrons. The summed E-state index contributed by atoms with van der Waals surface area (Å²) in [7, 11) is -3.44. The highest BCUT2D eigenvalue weighted by molar-refractivity contribution is 7.92. The van der Waals surface area contributed by atoms with Gasteiger partial charge in [0.25, 0.3) is 0 Å². The van der Waals surface area contributed by atoms with Crippen molar-refractivity contribution < 1.29 is 13.2 Å². The van der Waals surface area contributed by atoms with Crippen molar-refractivity contribution in [1.82, 2.24) is 14.7 Å². The van der Waals surface area contributed by atoms with E-state index < -0.39 is 10.0 Å². The largest absolute Gasteiger partial charge is 0.457 e. The first-order valence-electron chi connectivity index (χ1n) is 12.6. The number of nitrogens with two attached hydrogens (primary N) is 1. The zero-order chi connectivity index (χ0) is 27.1. The number of nitrogen functional groups attached to an aromatic ring is 1. The molecule has 8 nitrogen and oxygen atoms in total. The molecule has 2 heterocycles. The maximum Gasteiger partial charge on any atom is 0.233 e. The second kappa shape index (κ2) is 12.1. The van der Waals surface area contributed by atoms with Crippen LogP contribution in [0.1, 0.15) is 49.4 Å². The lowest BCUT2D eigenvalue weighted by atomic mass is 9.81. The molecule has 2 aromatic rings. The van der Waals surface area contributed by atoms with Crippen molar-refractivity contribution in [2.45, 2.75) is 38.6 Å². The molecule has 2 aliphatic rings. The van der Waals surface area contributed by atoms with E-state index in [1.165, 1.54) is 6.33 Å². The number of aliphatic imine (C=N–C) groups is 1. The predicted molar refractivity (Wildman–Crippen MR) is 153 cm³/mol. The number of ether oxygens (including phenoxy) is 1. The minimum atomic E-state index is -3.44. The van der Waals surface area contributed by atoms with Crippen LogP contribution in [0, 0.1) is 5.92 Å². The molecule has 0 spiro atoms. The average molecular weight is 532 g/mol. The van der Waals surface area contributed by atoms with Gasteiger partial charge >= 0.3 is 0 Å².